The quantitative estimate of drug-likeness (QED) is 0.804. The second kappa shape index (κ2) is 7.16. The fourth-order valence-electron chi connectivity index (χ4n) is 3.37. The maximum absolute atomic E-state index is 13.2. The standard InChI is InChI=1S/C17H18F3N3OS/c18-17(19,20)14-10-13(4-3-12(14)11-21)23-5-1-2-15(23)16(24)22-6-8-25-9-7-22/h3-4,10,15H,1-2,5-9H2. The molecule has 1 atom stereocenters. The Balaban J connectivity index is 1.87. The Morgan fingerprint density at radius 3 is 2.60 bits per heavy atom. The molecule has 0 saturated carbocycles. The zero-order valence-electron chi connectivity index (χ0n) is 13.6. The lowest BCUT2D eigenvalue weighted by atomic mass is 10.1. The maximum atomic E-state index is 13.2. The predicted molar refractivity (Wildman–Crippen MR) is 90.4 cm³/mol. The van der Waals surface area contributed by atoms with Crippen LogP contribution in [-0.2, 0) is 11.0 Å². The summed E-state index contributed by atoms with van der Waals surface area (Å²) in [7, 11) is 0. The molecule has 2 aliphatic rings. The number of nitriles is 1. The summed E-state index contributed by atoms with van der Waals surface area (Å²) >= 11 is 1.80. The average Bonchev–Trinajstić information content (AvgIpc) is 3.10. The summed E-state index contributed by atoms with van der Waals surface area (Å²) in [5, 5.41) is 8.92. The summed E-state index contributed by atoms with van der Waals surface area (Å²) in [6, 6.07) is 4.86. The fraction of sp³-hybridized carbons (Fsp3) is 0.529. The number of hydrogen-bond donors (Lipinski definition) is 0. The van der Waals surface area contributed by atoms with E-state index in [4.69, 9.17) is 5.26 Å². The molecule has 2 saturated heterocycles. The van der Waals surface area contributed by atoms with Crippen LogP contribution < -0.4 is 4.90 Å². The summed E-state index contributed by atoms with van der Waals surface area (Å²) in [4.78, 5) is 16.4. The van der Waals surface area contributed by atoms with Gasteiger partial charge in [0.25, 0.3) is 0 Å². The highest BCUT2D eigenvalue weighted by Crippen LogP contribution is 2.36. The molecular formula is C17H18F3N3OS. The number of amides is 1. The molecular weight excluding hydrogens is 351 g/mol. The Bertz CT molecular complexity index is 695. The van der Waals surface area contributed by atoms with Crippen LogP contribution >= 0.6 is 11.8 Å². The molecule has 4 nitrogen and oxygen atoms in total. The third-order valence-corrected chi connectivity index (χ3v) is 5.56. The molecule has 0 spiro atoms. The molecule has 25 heavy (non-hydrogen) atoms. The van der Waals surface area contributed by atoms with E-state index in [9.17, 15) is 18.0 Å². The number of thioether (sulfide) groups is 1. The first-order valence-corrected chi connectivity index (χ1v) is 9.32. The monoisotopic (exact) mass is 369 g/mol. The number of benzene rings is 1. The fourth-order valence-corrected chi connectivity index (χ4v) is 4.27. The number of alkyl halides is 3. The first kappa shape index (κ1) is 17.9. The molecule has 2 aliphatic heterocycles. The third-order valence-electron chi connectivity index (χ3n) is 4.62. The molecule has 134 valence electrons. The van der Waals surface area contributed by atoms with Crippen molar-refractivity contribution in [2.45, 2.75) is 25.1 Å². The summed E-state index contributed by atoms with van der Waals surface area (Å²) in [6.45, 7) is 1.92. The second-order valence-electron chi connectivity index (χ2n) is 6.13. The number of anilines is 1. The van der Waals surface area contributed by atoms with Gasteiger partial charge in [-0.15, -0.1) is 0 Å². The Morgan fingerprint density at radius 2 is 1.96 bits per heavy atom. The normalized spacial score (nSPS) is 21.3. The van der Waals surface area contributed by atoms with Gasteiger partial charge < -0.3 is 9.80 Å². The van der Waals surface area contributed by atoms with E-state index < -0.39 is 23.3 Å². The van der Waals surface area contributed by atoms with Crippen LogP contribution in [0.15, 0.2) is 18.2 Å². The lowest BCUT2D eigenvalue weighted by Crippen LogP contribution is -2.48. The van der Waals surface area contributed by atoms with Crippen LogP contribution in [0.25, 0.3) is 0 Å². The van der Waals surface area contributed by atoms with Gasteiger partial charge in [-0.3, -0.25) is 4.79 Å². The Kier molecular flexibility index (Phi) is 5.13. The summed E-state index contributed by atoms with van der Waals surface area (Å²) in [6.07, 6.45) is -3.19. The lowest BCUT2D eigenvalue weighted by molar-refractivity contribution is -0.137. The van der Waals surface area contributed by atoms with Gasteiger partial charge in [-0.05, 0) is 31.0 Å². The maximum Gasteiger partial charge on any atom is 0.417 e. The first-order chi connectivity index (χ1) is 11.9. The van der Waals surface area contributed by atoms with Crippen molar-refractivity contribution in [1.82, 2.24) is 4.90 Å². The van der Waals surface area contributed by atoms with E-state index in [1.54, 1.807) is 22.7 Å². The Hall–Kier alpha value is -1.88. The van der Waals surface area contributed by atoms with Gasteiger partial charge in [-0.25, -0.2) is 0 Å². The largest absolute Gasteiger partial charge is 0.417 e. The number of hydrogen-bond acceptors (Lipinski definition) is 4. The van der Waals surface area contributed by atoms with Crippen molar-refractivity contribution in [3.05, 3.63) is 29.3 Å². The highest BCUT2D eigenvalue weighted by Gasteiger charge is 2.37. The topological polar surface area (TPSA) is 47.3 Å². The van der Waals surface area contributed by atoms with Crippen molar-refractivity contribution in [2.75, 3.05) is 36.0 Å². The molecule has 0 aromatic heterocycles. The Morgan fingerprint density at radius 1 is 1.24 bits per heavy atom. The van der Waals surface area contributed by atoms with Crippen molar-refractivity contribution in [3.63, 3.8) is 0 Å². The lowest BCUT2D eigenvalue weighted by Gasteiger charge is -2.33. The number of carbonyl (C=O) groups excluding carboxylic acids is 1. The van der Waals surface area contributed by atoms with Gasteiger partial charge in [0.2, 0.25) is 5.91 Å². The van der Waals surface area contributed by atoms with Gasteiger partial charge in [0.1, 0.15) is 6.04 Å². The minimum atomic E-state index is -4.59. The van der Waals surface area contributed by atoms with E-state index in [2.05, 4.69) is 0 Å². The van der Waals surface area contributed by atoms with Crippen LogP contribution in [-0.4, -0.2) is 48.0 Å². The van der Waals surface area contributed by atoms with E-state index >= 15 is 0 Å². The number of carbonyl (C=O) groups is 1. The van der Waals surface area contributed by atoms with Crippen molar-refractivity contribution in [2.24, 2.45) is 0 Å². The minimum Gasteiger partial charge on any atom is -0.360 e. The smallest absolute Gasteiger partial charge is 0.360 e. The highest BCUT2D eigenvalue weighted by molar-refractivity contribution is 7.99. The van der Waals surface area contributed by atoms with E-state index in [1.165, 1.54) is 12.1 Å². The van der Waals surface area contributed by atoms with Crippen LogP contribution in [0.2, 0.25) is 0 Å². The third kappa shape index (κ3) is 3.71. The molecule has 8 heteroatoms. The molecule has 0 radical (unpaired) electrons. The number of nitrogens with zero attached hydrogens (tertiary/aromatic N) is 3. The molecule has 1 aromatic carbocycles. The summed E-state index contributed by atoms with van der Waals surface area (Å²) in [5.74, 6) is 1.79. The zero-order chi connectivity index (χ0) is 18.0. The van der Waals surface area contributed by atoms with Crippen molar-refractivity contribution in [1.29, 1.82) is 5.26 Å². The molecule has 2 fully saturated rings. The molecule has 1 unspecified atom stereocenters. The molecule has 0 aliphatic carbocycles. The SMILES string of the molecule is N#Cc1ccc(N2CCCC2C(=O)N2CCSCC2)cc1C(F)(F)F. The van der Waals surface area contributed by atoms with Crippen molar-refractivity contribution < 1.29 is 18.0 Å². The van der Waals surface area contributed by atoms with E-state index in [0.717, 1.165) is 24.0 Å². The van der Waals surface area contributed by atoms with Gasteiger partial charge in [0.15, 0.2) is 0 Å². The number of rotatable bonds is 2. The zero-order valence-corrected chi connectivity index (χ0v) is 14.4. The van der Waals surface area contributed by atoms with Gasteiger partial charge in [0, 0.05) is 36.8 Å². The average molecular weight is 369 g/mol. The van der Waals surface area contributed by atoms with Crippen LogP contribution in [0.4, 0.5) is 18.9 Å². The van der Waals surface area contributed by atoms with Crippen LogP contribution in [0.5, 0.6) is 0 Å². The van der Waals surface area contributed by atoms with Crippen molar-refractivity contribution >= 4 is 23.4 Å². The molecule has 3 rings (SSSR count). The van der Waals surface area contributed by atoms with E-state index in [1.807, 2.05) is 4.90 Å². The highest BCUT2D eigenvalue weighted by atomic mass is 32.2. The molecule has 1 aromatic rings. The van der Waals surface area contributed by atoms with Gasteiger partial charge in [0.05, 0.1) is 17.2 Å². The molecule has 2 heterocycles. The van der Waals surface area contributed by atoms with Crippen LogP contribution in [0.1, 0.15) is 24.0 Å². The van der Waals surface area contributed by atoms with E-state index in [-0.39, 0.29) is 5.91 Å². The van der Waals surface area contributed by atoms with Gasteiger partial charge in [-0.1, -0.05) is 0 Å². The van der Waals surface area contributed by atoms with E-state index in [0.29, 0.717) is 31.7 Å². The molecule has 0 bridgehead atoms. The first-order valence-electron chi connectivity index (χ1n) is 8.16. The summed E-state index contributed by atoms with van der Waals surface area (Å²) < 4.78 is 39.6. The van der Waals surface area contributed by atoms with Crippen molar-refractivity contribution in [3.8, 4) is 6.07 Å². The predicted octanol–water partition coefficient (Wildman–Crippen LogP) is 3.12. The molecule has 1 amide bonds. The van der Waals surface area contributed by atoms with Gasteiger partial charge in [-0.2, -0.15) is 30.2 Å². The number of halogens is 3. The Labute approximate surface area is 148 Å². The molecule has 0 N–H and O–H groups in total. The van der Waals surface area contributed by atoms with Gasteiger partial charge >= 0.3 is 6.18 Å². The minimum absolute atomic E-state index is 0.00396. The second-order valence-corrected chi connectivity index (χ2v) is 7.35. The van der Waals surface area contributed by atoms with Crippen LogP contribution in [0, 0.1) is 11.3 Å². The van der Waals surface area contributed by atoms with Crippen LogP contribution in [0.3, 0.4) is 0 Å². The summed E-state index contributed by atoms with van der Waals surface area (Å²) in [5.41, 5.74) is -0.986.